The van der Waals surface area contributed by atoms with Crippen LogP contribution in [0.2, 0.25) is 0 Å². The van der Waals surface area contributed by atoms with Gasteiger partial charge in [0, 0.05) is 12.6 Å². The number of benzene rings is 1. The van der Waals surface area contributed by atoms with Gasteiger partial charge in [0.2, 0.25) is 0 Å². The lowest BCUT2D eigenvalue weighted by Crippen LogP contribution is -2.30. The van der Waals surface area contributed by atoms with Crippen LogP contribution in [0.5, 0.6) is 0 Å². The average Bonchev–Trinajstić information content (AvgIpc) is 2.98. The second-order valence-corrected chi connectivity index (χ2v) is 4.97. The average molecular weight is 277 g/mol. The molecular weight excluding hydrogens is 257 g/mol. The highest BCUT2D eigenvalue weighted by Crippen LogP contribution is 2.13. The number of rotatable bonds is 7. The van der Waals surface area contributed by atoms with Crippen LogP contribution in [0.1, 0.15) is 30.8 Å². The highest BCUT2D eigenvalue weighted by molar-refractivity contribution is 5.17. The molecule has 0 bridgehead atoms. The lowest BCUT2D eigenvalue weighted by Gasteiger charge is -2.16. The third-order valence-corrected chi connectivity index (χ3v) is 3.34. The molecule has 1 aromatic carbocycles. The maximum atomic E-state index is 13.5. The molecular formula is C16H20FNO2. The molecule has 108 valence electrons. The first-order valence-electron chi connectivity index (χ1n) is 6.85. The Hall–Kier alpha value is -1.65. The van der Waals surface area contributed by atoms with Gasteiger partial charge >= 0.3 is 0 Å². The van der Waals surface area contributed by atoms with E-state index in [1.165, 1.54) is 6.07 Å². The largest absolute Gasteiger partial charge is 0.467 e. The molecule has 0 radical (unpaired) electrons. The van der Waals surface area contributed by atoms with E-state index in [0.29, 0.717) is 18.7 Å². The molecule has 0 spiro atoms. The maximum absolute atomic E-state index is 13.5. The molecule has 20 heavy (non-hydrogen) atoms. The van der Waals surface area contributed by atoms with Crippen molar-refractivity contribution in [1.82, 2.24) is 5.32 Å². The molecule has 0 fully saturated rings. The summed E-state index contributed by atoms with van der Waals surface area (Å²) < 4.78 is 18.6. The van der Waals surface area contributed by atoms with Crippen LogP contribution in [0.25, 0.3) is 0 Å². The summed E-state index contributed by atoms with van der Waals surface area (Å²) in [5.41, 5.74) is 0.729. The molecule has 0 unspecified atom stereocenters. The highest BCUT2D eigenvalue weighted by Gasteiger charge is 2.12. The van der Waals surface area contributed by atoms with E-state index in [1.807, 2.05) is 13.0 Å². The van der Waals surface area contributed by atoms with Crippen molar-refractivity contribution in [2.24, 2.45) is 0 Å². The van der Waals surface area contributed by atoms with Crippen molar-refractivity contribution < 1.29 is 13.9 Å². The number of aryl methyl sites for hydroxylation is 1. The summed E-state index contributed by atoms with van der Waals surface area (Å²) in [6.07, 6.45) is 2.38. The van der Waals surface area contributed by atoms with Gasteiger partial charge in [-0.3, -0.25) is 0 Å². The van der Waals surface area contributed by atoms with E-state index in [9.17, 15) is 9.50 Å². The zero-order chi connectivity index (χ0) is 14.4. The van der Waals surface area contributed by atoms with Gasteiger partial charge in [0.25, 0.3) is 0 Å². The minimum Gasteiger partial charge on any atom is -0.467 e. The SMILES string of the molecule is C[C@@H](CCc1ccccc1F)NC[C@@H](O)c1ccco1. The normalized spacial score (nSPS) is 14.2. The number of hydrogen-bond acceptors (Lipinski definition) is 3. The Bertz CT molecular complexity index is 513. The zero-order valence-electron chi connectivity index (χ0n) is 11.6. The van der Waals surface area contributed by atoms with E-state index in [-0.39, 0.29) is 11.9 Å². The third-order valence-electron chi connectivity index (χ3n) is 3.34. The van der Waals surface area contributed by atoms with E-state index >= 15 is 0 Å². The molecule has 2 N–H and O–H groups in total. The van der Waals surface area contributed by atoms with Crippen molar-refractivity contribution in [3.8, 4) is 0 Å². The molecule has 0 amide bonds. The molecule has 0 aliphatic rings. The van der Waals surface area contributed by atoms with Crippen LogP contribution < -0.4 is 5.32 Å². The number of aliphatic hydroxyl groups excluding tert-OH is 1. The van der Waals surface area contributed by atoms with Crippen molar-refractivity contribution in [3.05, 3.63) is 59.8 Å². The minimum absolute atomic E-state index is 0.157. The third kappa shape index (κ3) is 4.18. The summed E-state index contributed by atoms with van der Waals surface area (Å²) in [5, 5.41) is 13.1. The summed E-state index contributed by atoms with van der Waals surface area (Å²) in [5.74, 6) is 0.397. The summed E-state index contributed by atoms with van der Waals surface area (Å²) >= 11 is 0. The first-order chi connectivity index (χ1) is 9.66. The summed E-state index contributed by atoms with van der Waals surface area (Å²) in [6.45, 7) is 2.45. The number of halogens is 1. The lowest BCUT2D eigenvalue weighted by molar-refractivity contribution is 0.143. The van der Waals surface area contributed by atoms with Gasteiger partial charge < -0.3 is 14.8 Å². The van der Waals surface area contributed by atoms with Gasteiger partial charge in [0.1, 0.15) is 17.7 Å². The van der Waals surface area contributed by atoms with E-state index in [0.717, 1.165) is 12.0 Å². The molecule has 2 atom stereocenters. The van der Waals surface area contributed by atoms with Gasteiger partial charge in [-0.15, -0.1) is 0 Å². The Labute approximate surface area is 118 Å². The van der Waals surface area contributed by atoms with E-state index in [4.69, 9.17) is 4.42 Å². The van der Waals surface area contributed by atoms with Gasteiger partial charge in [-0.1, -0.05) is 18.2 Å². The molecule has 3 nitrogen and oxygen atoms in total. The highest BCUT2D eigenvalue weighted by atomic mass is 19.1. The van der Waals surface area contributed by atoms with E-state index < -0.39 is 6.10 Å². The molecule has 1 heterocycles. The van der Waals surface area contributed by atoms with Crippen LogP contribution in [-0.2, 0) is 6.42 Å². The predicted octanol–water partition coefficient (Wildman–Crippen LogP) is 3.06. The fraction of sp³-hybridized carbons (Fsp3) is 0.375. The van der Waals surface area contributed by atoms with E-state index in [1.54, 1.807) is 30.5 Å². The van der Waals surface area contributed by atoms with E-state index in [2.05, 4.69) is 5.32 Å². The van der Waals surface area contributed by atoms with Crippen LogP contribution in [0, 0.1) is 5.82 Å². The maximum Gasteiger partial charge on any atom is 0.133 e. The fourth-order valence-corrected chi connectivity index (χ4v) is 2.07. The van der Waals surface area contributed by atoms with Crippen LogP contribution in [-0.4, -0.2) is 17.7 Å². The Kier molecular flexibility index (Phi) is 5.32. The second kappa shape index (κ2) is 7.22. The lowest BCUT2D eigenvalue weighted by atomic mass is 10.1. The smallest absolute Gasteiger partial charge is 0.133 e. The Balaban J connectivity index is 1.73. The topological polar surface area (TPSA) is 45.4 Å². The standard InChI is InChI=1S/C16H20FNO2/c1-12(8-9-13-5-2-3-6-14(13)17)18-11-15(19)16-7-4-10-20-16/h2-7,10,12,15,18-19H,8-9,11H2,1H3/t12-,15+/m0/s1. The second-order valence-electron chi connectivity index (χ2n) is 4.97. The number of nitrogens with one attached hydrogen (secondary N) is 1. The first-order valence-corrected chi connectivity index (χ1v) is 6.85. The zero-order valence-corrected chi connectivity index (χ0v) is 11.6. The number of hydrogen-bond donors (Lipinski definition) is 2. The first kappa shape index (κ1) is 14.8. The van der Waals surface area contributed by atoms with Crippen molar-refractivity contribution in [1.29, 1.82) is 0 Å². The molecule has 1 aromatic heterocycles. The number of furan rings is 1. The summed E-state index contributed by atoms with van der Waals surface area (Å²) in [7, 11) is 0. The molecule has 2 rings (SSSR count). The van der Waals surface area contributed by atoms with Crippen LogP contribution in [0.4, 0.5) is 4.39 Å². The Morgan fingerprint density at radius 1 is 1.25 bits per heavy atom. The molecule has 2 aromatic rings. The van der Waals surface area contributed by atoms with Gasteiger partial charge in [0.05, 0.1) is 6.26 Å². The monoisotopic (exact) mass is 277 g/mol. The quantitative estimate of drug-likeness (QED) is 0.817. The summed E-state index contributed by atoms with van der Waals surface area (Å²) in [6, 6.07) is 10.5. The Morgan fingerprint density at radius 3 is 2.75 bits per heavy atom. The van der Waals surface area contributed by atoms with Crippen LogP contribution in [0.15, 0.2) is 47.1 Å². The van der Waals surface area contributed by atoms with Crippen molar-refractivity contribution in [2.45, 2.75) is 31.9 Å². The van der Waals surface area contributed by atoms with Crippen LogP contribution in [0.3, 0.4) is 0 Å². The molecule has 0 saturated heterocycles. The molecule has 0 saturated carbocycles. The predicted molar refractivity (Wildman–Crippen MR) is 75.9 cm³/mol. The van der Waals surface area contributed by atoms with Gasteiger partial charge in [0.15, 0.2) is 0 Å². The van der Waals surface area contributed by atoms with Crippen LogP contribution >= 0.6 is 0 Å². The van der Waals surface area contributed by atoms with Gasteiger partial charge in [-0.2, -0.15) is 0 Å². The van der Waals surface area contributed by atoms with Crippen molar-refractivity contribution in [3.63, 3.8) is 0 Å². The van der Waals surface area contributed by atoms with Gasteiger partial charge in [-0.25, -0.2) is 4.39 Å². The fourth-order valence-electron chi connectivity index (χ4n) is 2.07. The summed E-state index contributed by atoms with van der Waals surface area (Å²) in [4.78, 5) is 0. The molecule has 4 heteroatoms. The van der Waals surface area contributed by atoms with Crippen molar-refractivity contribution in [2.75, 3.05) is 6.54 Å². The molecule has 0 aliphatic carbocycles. The minimum atomic E-state index is -0.652. The molecule has 0 aliphatic heterocycles. The number of aliphatic hydroxyl groups is 1. The van der Waals surface area contributed by atoms with Gasteiger partial charge in [-0.05, 0) is 43.5 Å². The Morgan fingerprint density at radius 2 is 2.05 bits per heavy atom. The van der Waals surface area contributed by atoms with Crippen molar-refractivity contribution >= 4 is 0 Å².